The highest BCUT2D eigenvalue weighted by atomic mass is 32.1. The maximum atomic E-state index is 8.26. The summed E-state index contributed by atoms with van der Waals surface area (Å²) >= 11 is 9.16. The Labute approximate surface area is 229 Å². The summed E-state index contributed by atoms with van der Waals surface area (Å²) in [6, 6.07) is 0. The fourth-order valence-electron chi connectivity index (χ4n) is 3.67. The van der Waals surface area contributed by atoms with E-state index in [4.69, 9.17) is 24.4 Å². The minimum absolute atomic E-state index is 0.0417. The molecule has 0 fully saturated rings. The van der Waals surface area contributed by atoms with Gasteiger partial charge in [-0.25, -0.2) is 0 Å². The molecule has 0 aromatic carbocycles. The Balaban J connectivity index is 0. The van der Waals surface area contributed by atoms with Gasteiger partial charge in [-0.1, -0.05) is 117 Å². The molecule has 7 heteroatoms. The van der Waals surface area contributed by atoms with Gasteiger partial charge in [-0.05, 0) is 12.8 Å². The second-order valence-electron chi connectivity index (χ2n) is 9.24. The van der Waals surface area contributed by atoms with Crippen LogP contribution in [0.3, 0.4) is 0 Å². The molecule has 0 aliphatic heterocycles. The molecule has 0 bridgehead atoms. The summed E-state index contributed by atoms with van der Waals surface area (Å²) in [4.78, 5) is 0. The number of rotatable bonds is 27. The first-order chi connectivity index (χ1) is 17.1. The monoisotopic (exact) mass is 540 g/mol. The second kappa shape index (κ2) is 34.5. The van der Waals surface area contributed by atoms with Crippen LogP contribution in [0.4, 0.5) is 0 Å². The molecular weight excluding hydrogens is 480 g/mol. The summed E-state index contributed by atoms with van der Waals surface area (Å²) in [5.41, 5.74) is 0.133. The van der Waals surface area contributed by atoms with Crippen LogP contribution in [-0.2, 0) is 14.2 Å². The van der Waals surface area contributed by atoms with Crippen molar-refractivity contribution >= 4 is 25.3 Å². The molecule has 2 unspecified atom stereocenters. The van der Waals surface area contributed by atoms with Gasteiger partial charge < -0.3 is 24.4 Å². The fourth-order valence-corrected chi connectivity index (χ4v) is 4.43. The van der Waals surface area contributed by atoms with Crippen LogP contribution in [-0.4, -0.2) is 60.7 Å². The molecule has 5 nitrogen and oxygen atoms in total. The second-order valence-corrected chi connectivity index (χ2v) is 10.4. The van der Waals surface area contributed by atoms with Gasteiger partial charge in [0, 0.05) is 0 Å². The van der Waals surface area contributed by atoms with Gasteiger partial charge in [-0.2, -0.15) is 0 Å². The Kier molecular flexibility index (Phi) is 37.1. The Morgan fingerprint density at radius 3 is 1.11 bits per heavy atom. The standard InChI is InChI=1S/C22H46OS2.C6H14O4/c1-3-5-7-9-11-13-15-17-19-21(24)23-22(25)20-18-16-14-12-10-8-6-4-2;7-1-3-9-5-6-10-4-2-8/h21-22,24-25H,3-20H2,1-2H3;7-8H,1-6H2. The van der Waals surface area contributed by atoms with Gasteiger partial charge in [-0.3, -0.25) is 0 Å². The van der Waals surface area contributed by atoms with Crippen LogP contribution >= 0.6 is 25.3 Å². The highest BCUT2D eigenvalue weighted by molar-refractivity contribution is 7.81. The van der Waals surface area contributed by atoms with Crippen molar-refractivity contribution in [3.05, 3.63) is 0 Å². The predicted molar refractivity (Wildman–Crippen MR) is 157 cm³/mol. The Bertz CT molecular complexity index is 332. The molecule has 214 valence electrons. The number of ether oxygens (including phenoxy) is 3. The number of unbranched alkanes of at least 4 members (excludes halogenated alkanes) is 14. The van der Waals surface area contributed by atoms with Gasteiger partial charge in [0.05, 0.1) is 39.6 Å². The molecule has 35 heavy (non-hydrogen) atoms. The van der Waals surface area contributed by atoms with Crippen LogP contribution in [0.2, 0.25) is 0 Å². The lowest BCUT2D eigenvalue weighted by molar-refractivity contribution is 0.0222. The maximum Gasteiger partial charge on any atom is 0.101 e. The van der Waals surface area contributed by atoms with Crippen LogP contribution in [0.1, 0.15) is 129 Å². The smallest absolute Gasteiger partial charge is 0.101 e. The van der Waals surface area contributed by atoms with Gasteiger partial charge in [0.25, 0.3) is 0 Å². The summed E-state index contributed by atoms with van der Waals surface area (Å²) in [6.07, 6.45) is 23.9. The Morgan fingerprint density at radius 2 is 0.800 bits per heavy atom. The van der Waals surface area contributed by atoms with E-state index < -0.39 is 0 Å². The van der Waals surface area contributed by atoms with E-state index >= 15 is 0 Å². The highest BCUT2D eigenvalue weighted by Crippen LogP contribution is 2.19. The average molecular weight is 541 g/mol. The Morgan fingerprint density at radius 1 is 0.486 bits per heavy atom. The molecule has 2 atom stereocenters. The van der Waals surface area contributed by atoms with Gasteiger partial charge >= 0.3 is 0 Å². The minimum Gasteiger partial charge on any atom is -0.394 e. The first-order valence-corrected chi connectivity index (χ1v) is 15.5. The third-order valence-electron chi connectivity index (χ3n) is 5.77. The molecule has 0 amide bonds. The summed E-state index contributed by atoms with van der Waals surface area (Å²) in [5.74, 6) is 0. The predicted octanol–water partition coefficient (Wildman–Crippen LogP) is 7.58. The van der Waals surface area contributed by atoms with E-state index in [1.165, 1.54) is 103 Å². The zero-order valence-corrected chi connectivity index (χ0v) is 24.9. The number of hydrogen-bond acceptors (Lipinski definition) is 7. The molecule has 0 saturated heterocycles. The normalized spacial score (nSPS) is 12.9. The van der Waals surface area contributed by atoms with Crippen molar-refractivity contribution in [1.82, 2.24) is 0 Å². The molecule has 0 aromatic rings. The van der Waals surface area contributed by atoms with E-state index in [9.17, 15) is 0 Å². The first-order valence-electron chi connectivity index (χ1n) is 14.5. The van der Waals surface area contributed by atoms with Crippen molar-refractivity contribution in [3.8, 4) is 0 Å². The largest absolute Gasteiger partial charge is 0.394 e. The van der Waals surface area contributed by atoms with Gasteiger partial charge in [-0.15, -0.1) is 25.3 Å². The van der Waals surface area contributed by atoms with Crippen molar-refractivity contribution in [2.75, 3.05) is 39.6 Å². The Hall–Kier alpha value is 0.500. The van der Waals surface area contributed by atoms with Crippen LogP contribution in [0.5, 0.6) is 0 Å². The zero-order valence-electron chi connectivity index (χ0n) is 23.1. The number of thiol groups is 2. The molecule has 0 spiro atoms. The van der Waals surface area contributed by atoms with Gasteiger partial charge in [0.2, 0.25) is 0 Å². The van der Waals surface area contributed by atoms with Gasteiger partial charge in [0.15, 0.2) is 0 Å². The SMILES string of the molecule is CCCCCCCCCCC(S)OC(S)CCCCCCCCCC.OCCOCCOCCO. The topological polar surface area (TPSA) is 68.2 Å². The maximum absolute atomic E-state index is 8.26. The third kappa shape index (κ3) is 36.7. The fraction of sp³-hybridized carbons (Fsp3) is 1.00. The summed E-state index contributed by atoms with van der Waals surface area (Å²) < 4.78 is 15.6. The molecule has 0 heterocycles. The molecule has 0 aliphatic carbocycles. The van der Waals surface area contributed by atoms with Crippen LogP contribution in [0, 0.1) is 0 Å². The zero-order chi connectivity index (χ0) is 26.2. The van der Waals surface area contributed by atoms with Crippen molar-refractivity contribution in [3.63, 3.8) is 0 Å². The molecule has 0 radical (unpaired) electrons. The molecule has 0 saturated carbocycles. The van der Waals surface area contributed by atoms with Crippen LogP contribution in [0.15, 0.2) is 0 Å². The first kappa shape index (κ1) is 37.7. The molecule has 0 aromatic heterocycles. The van der Waals surface area contributed by atoms with E-state index in [1.54, 1.807) is 0 Å². The van der Waals surface area contributed by atoms with E-state index in [0.29, 0.717) is 26.4 Å². The minimum atomic E-state index is 0.0417. The van der Waals surface area contributed by atoms with Crippen molar-refractivity contribution in [2.45, 2.75) is 140 Å². The van der Waals surface area contributed by atoms with Crippen molar-refractivity contribution in [2.24, 2.45) is 0 Å². The molecular formula is C28H60O5S2. The van der Waals surface area contributed by atoms with Crippen molar-refractivity contribution in [1.29, 1.82) is 0 Å². The van der Waals surface area contributed by atoms with Gasteiger partial charge in [0.1, 0.15) is 10.9 Å². The van der Waals surface area contributed by atoms with E-state index in [-0.39, 0.29) is 24.1 Å². The lowest BCUT2D eigenvalue weighted by atomic mass is 10.1. The number of aliphatic hydroxyl groups is 2. The number of aliphatic hydroxyl groups excluding tert-OH is 2. The van der Waals surface area contributed by atoms with E-state index in [2.05, 4.69) is 39.1 Å². The summed E-state index contributed by atoms with van der Waals surface area (Å²) in [7, 11) is 0. The van der Waals surface area contributed by atoms with Crippen molar-refractivity contribution < 1.29 is 24.4 Å². The third-order valence-corrected chi connectivity index (χ3v) is 6.53. The quantitative estimate of drug-likeness (QED) is 0.0491. The van der Waals surface area contributed by atoms with Crippen LogP contribution < -0.4 is 0 Å². The van der Waals surface area contributed by atoms with E-state index in [1.807, 2.05) is 0 Å². The molecule has 0 rings (SSSR count). The molecule has 0 aliphatic rings. The summed E-state index contributed by atoms with van der Waals surface area (Å²) in [6.45, 7) is 6.28. The molecule has 2 N–H and O–H groups in total. The lowest BCUT2D eigenvalue weighted by Gasteiger charge is -2.18. The lowest BCUT2D eigenvalue weighted by Crippen LogP contribution is -2.13. The number of hydrogen-bond donors (Lipinski definition) is 4. The van der Waals surface area contributed by atoms with E-state index in [0.717, 1.165) is 12.8 Å². The van der Waals surface area contributed by atoms with Crippen LogP contribution in [0.25, 0.3) is 0 Å². The summed E-state index contributed by atoms with van der Waals surface area (Å²) in [5, 5.41) is 16.5. The average Bonchev–Trinajstić information content (AvgIpc) is 2.85. The highest BCUT2D eigenvalue weighted by Gasteiger charge is 2.09.